The molecule has 1 aromatic rings. The van der Waals surface area contributed by atoms with E-state index in [1.54, 1.807) is 12.0 Å². The molecule has 0 radical (unpaired) electrons. The number of methoxy groups -OCH3 is 1. The first-order valence-corrected chi connectivity index (χ1v) is 11.9. The van der Waals surface area contributed by atoms with Crippen molar-refractivity contribution in [2.24, 2.45) is 22.6 Å². The molecule has 2 aliphatic rings. The maximum atomic E-state index is 13.8. The third kappa shape index (κ3) is 6.36. The van der Waals surface area contributed by atoms with Crippen molar-refractivity contribution in [3.05, 3.63) is 45.7 Å². The molecule has 0 saturated carbocycles. The summed E-state index contributed by atoms with van der Waals surface area (Å²) in [5, 5.41) is -0.0642. The molecule has 186 valence electrons. The Kier molecular flexibility index (Phi) is 8.36. The number of aliphatic imine (C=N–C) groups is 1. The van der Waals surface area contributed by atoms with Gasteiger partial charge in [-0.2, -0.15) is 0 Å². The van der Waals surface area contributed by atoms with E-state index in [1.807, 2.05) is 20.8 Å². The van der Waals surface area contributed by atoms with E-state index in [2.05, 4.69) is 4.99 Å². The third-order valence-corrected chi connectivity index (χ3v) is 6.37. The van der Waals surface area contributed by atoms with Gasteiger partial charge in [0.1, 0.15) is 11.4 Å². The molecule has 0 bridgehead atoms. The molecule has 3 rings (SSSR count). The fraction of sp³-hybridized carbons (Fsp3) is 0.560. The van der Waals surface area contributed by atoms with Gasteiger partial charge in [-0.15, -0.1) is 0 Å². The lowest BCUT2D eigenvalue weighted by atomic mass is 9.83. The number of halogens is 2. The fourth-order valence-corrected chi connectivity index (χ4v) is 4.76. The number of hydrogen-bond acceptors (Lipinski definition) is 5. The Morgan fingerprint density at radius 3 is 2.68 bits per heavy atom. The predicted molar refractivity (Wildman–Crippen MR) is 130 cm³/mol. The van der Waals surface area contributed by atoms with E-state index in [-0.39, 0.29) is 29.0 Å². The summed E-state index contributed by atoms with van der Waals surface area (Å²) in [6, 6.07) is 4.23. The standard InChI is InChI=1S/C25H33ClFN3O4/c1-25(2,3)34-24(32)30-13-15(8-10-33-4)11-16-7-9-29-22(21(23(28)31)18(16)14-30)17-5-6-20(27)19(26)12-17/h5-6,12,15-16H,7-11,13-14H2,1-4H3,(H2,28,31). The van der Waals surface area contributed by atoms with Gasteiger partial charge in [-0.05, 0) is 75.6 Å². The number of hydrogen-bond donors (Lipinski definition) is 1. The molecular formula is C25H33ClFN3O4. The first kappa shape index (κ1) is 26.2. The van der Waals surface area contributed by atoms with Crippen molar-refractivity contribution in [1.29, 1.82) is 0 Å². The van der Waals surface area contributed by atoms with E-state index < -0.39 is 23.4 Å². The van der Waals surface area contributed by atoms with E-state index in [0.717, 1.165) is 18.4 Å². The summed E-state index contributed by atoms with van der Waals surface area (Å²) < 4.78 is 24.8. The number of ether oxygens (including phenoxy) is 2. The minimum atomic E-state index is -0.660. The summed E-state index contributed by atoms with van der Waals surface area (Å²) in [6.07, 6.45) is 1.80. The molecule has 1 fully saturated rings. The molecule has 0 spiro atoms. The fourth-order valence-electron chi connectivity index (χ4n) is 4.58. The summed E-state index contributed by atoms with van der Waals surface area (Å²) in [7, 11) is 1.65. The molecule has 2 aliphatic heterocycles. The van der Waals surface area contributed by atoms with Crippen molar-refractivity contribution < 1.29 is 23.5 Å². The van der Waals surface area contributed by atoms with Gasteiger partial charge in [-0.1, -0.05) is 11.6 Å². The molecule has 34 heavy (non-hydrogen) atoms. The van der Waals surface area contributed by atoms with Crippen LogP contribution in [0.2, 0.25) is 5.02 Å². The smallest absolute Gasteiger partial charge is 0.410 e. The second kappa shape index (κ2) is 10.9. The Bertz CT molecular complexity index is 1000. The number of carbonyl (C=O) groups is 2. The molecule has 2 amide bonds. The lowest BCUT2D eigenvalue weighted by molar-refractivity contribution is -0.114. The molecule has 1 saturated heterocycles. The predicted octanol–water partition coefficient (Wildman–Crippen LogP) is 4.36. The Morgan fingerprint density at radius 2 is 2.06 bits per heavy atom. The van der Waals surface area contributed by atoms with Crippen LogP contribution >= 0.6 is 11.6 Å². The summed E-state index contributed by atoms with van der Waals surface area (Å²) in [6.45, 7) is 7.18. The topological polar surface area (TPSA) is 94.2 Å². The molecular weight excluding hydrogens is 461 g/mol. The van der Waals surface area contributed by atoms with Crippen LogP contribution in [0.4, 0.5) is 9.18 Å². The van der Waals surface area contributed by atoms with E-state index >= 15 is 0 Å². The molecule has 0 aromatic heterocycles. The zero-order valence-electron chi connectivity index (χ0n) is 20.2. The van der Waals surface area contributed by atoms with Gasteiger partial charge in [-0.3, -0.25) is 9.79 Å². The number of likely N-dealkylation sites (tertiary alicyclic amines) is 1. The second-order valence-corrected chi connectivity index (χ2v) is 10.3. The first-order valence-electron chi connectivity index (χ1n) is 11.5. The number of fused-ring (bicyclic) bond motifs is 1. The minimum Gasteiger partial charge on any atom is -0.444 e. The van der Waals surface area contributed by atoms with E-state index in [9.17, 15) is 14.0 Å². The van der Waals surface area contributed by atoms with Crippen LogP contribution in [0.3, 0.4) is 0 Å². The highest BCUT2D eigenvalue weighted by Gasteiger charge is 2.36. The van der Waals surface area contributed by atoms with Crippen LogP contribution in [0.1, 0.15) is 45.6 Å². The summed E-state index contributed by atoms with van der Waals surface area (Å²) >= 11 is 6.01. The zero-order valence-corrected chi connectivity index (χ0v) is 21.0. The Balaban J connectivity index is 2.09. The molecule has 1 aromatic carbocycles. The molecule has 2 atom stereocenters. The SMILES string of the molecule is COCCC1CC2CCN=C(c3ccc(F)c(Cl)c3)C(C(N)=O)=C2CN(C(=O)OC(C)(C)C)C1. The number of nitrogens with two attached hydrogens (primary N) is 1. The van der Waals surface area contributed by atoms with Crippen LogP contribution in [-0.2, 0) is 14.3 Å². The van der Waals surface area contributed by atoms with Crippen molar-refractivity contribution >= 4 is 29.3 Å². The highest BCUT2D eigenvalue weighted by molar-refractivity contribution is 6.32. The van der Waals surface area contributed by atoms with Crippen molar-refractivity contribution in [1.82, 2.24) is 4.90 Å². The van der Waals surface area contributed by atoms with E-state index in [0.29, 0.717) is 37.4 Å². The van der Waals surface area contributed by atoms with Crippen LogP contribution in [0, 0.1) is 17.7 Å². The summed E-state index contributed by atoms with van der Waals surface area (Å²) in [5.74, 6) is -1.03. The molecule has 9 heteroatoms. The molecule has 2 N–H and O–H groups in total. The number of nitrogens with zero attached hydrogens (tertiary/aromatic N) is 2. The Morgan fingerprint density at radius 1 is 1.32 bits per heavy atom. The van der Waals surface area contributed by atoms with Crippen LogP contribution in [0.5, 0.6) is 0 Å². The molecule has 2 unspecified atom stereocenters. The monoisotopic (exact) mass is 493 g/mol. The summed E-state index contributed by atoms with van der Waals surface area (Å²) in [5.41, 5.74) is 7.15. The van der Waals surface area contributed by atoms with Gasteiger partial charge in [0.2, 0.25) is 0 Å². The quantitative estimate of drug-likeness (QED) is 0.659. The summed E-state index contributed by atoms with van der Waals surface area (Å²) in [4.78, 5) is 32.2. The average molecular weight is 494 g/mol. The third-order valence-electron chi connectivity index (χ3n) is 6.08. The van der Waals surface area contributed by atoms with Gasteiger partial charge >= 0.3 is 6.09 Å². The van der Waals surface area contributed by atoms with Crippen molar-refractivity contribution in [2.45, 2.75) is 45.6 Å². The second-order valence-electron chi connectivity index (χ2n) is 9.85. The lowest BCUT2D eigenvalue weighted by Gasteiger charge is -2.29. The zero-order chi connectivity index (χ0) is 25.0. The Labute approximate surface area is 205 Å². The van der Waals surface area contributed by atoms with Gasteiger partial charge in [0.25, 0.3) is 5.91 Å². The first-order chi connectivity index (χ1) is 16.0. The van der Waals surface area contributed by atoms with Crippen molar-refractivity contribution in [3.8, 4) is 0 Å². The number of rotatable bonds is 5. The average Bonchev–Trinajstić information content (AvgIpc) is 3.02. The van der Waals surface area contributed by atoms with Crippen LogP contribution in [0.25, 0.3) is 0 Å². The van der Waals surface area contributed by atoms with Gasteiger partial charge < -0.3 is 20.1 Å². The highest BCUT2D eigenvalue weighted by atomic mass is 35.5. The maximum Gasteiger partial charge on any atom is 0.410 e. The minimum absolute atomic E-state index is 0.00830. The maximum absolute atomic E-state index is 13.8. The number of carbonyl (C=O) groups excluding carboxylic acids is 2. The van der Waals surface area contributed by atoms with Crippen LogP contribution < -0.4 is 5.73 Å². The largest absolute Gasteiger partial charge is 0.444 e. The molecule has 2 heterocycles. The van der Waals surface area contributed by atoms with E-state index in [1.165, 1.54) is 18.2 Å². The van der Waals surface area contributed by atoms with Gasteiger partial charge in [-0.25, -0.2) is 9.18 Å². The van der Waals surface area contributed by atoms with Gasteiger partial charge in [0.15, 0.2) is 0 Å². The van der Waals surface area contributed by atoms with Crippen molar-refractivity contribution in [3.63, 3.8) is 0 Å². The van der Waals surface area contributed by atoms with E-state index in [4.69, 9.17) is 26.8 Å². The normalized spacial score (nSPS) is 21.4. The van der Waals surface area contributed by atoms with Crippen molar-refractivity contribution in [2.75, 3.05) is 33.4 Å². The van der Waals surface area contributed by atoms with Crippen LogP contribution in [0.15, 0.2) is 34.3 Å². The van der Waals surface area contributed by atoms with Gasteiger partial charge in [0, 0.05) is 38.9 Å². The lowest BCUT2D eigenvalue weighted by Crippen LogP contribution is -2.40. The number of amides is 2. The van der Waals surface area contributed by atoms with Gasteiger partial charge in [0.05, 0.1) is 16.3 Å². The van der Waals surface area contributed by atoms with Crippen LogP contribution in [-0.4, -0.2) is 61.6 Å². The molecule has 7 nitrogen and oxygen atoms in total. The highest BCUT2D eigenvalue weighted by Crippen LogP contribution is 2.36. The number of primary amides is 1. The Hall–Kier alpha value is -2.45. The molecule has 0 aliphatic carbocycles. The number of benzene rings is 1.